The van der Waals surface area contributed by atoms with Crippen LogP contribution in [0.15, 0.2) is 23.2 Å². The summed E-state index contributed by atoms with van der Waals surface area (Å²) in [6, 6.07) is 6.65. The first-order valence-electron chi connectivity index (χ1n) is 9.34. The lowest BCUT2D eigenvalue weighted by Crippen LogP contribution is -2.48. The quantitative estimate of drug-likeness (QED) is 0.624. The van der Waals surface area contributed by atoms with Gasteiger partial charge in [0.15, 0.2) is 5.96 Å². The zero-order valence-electron chi connectivity index (χ0n) is 16.6. The van der Waals surface area contributed by atoms with E-state index in [1.54, 1.807) is 7.05 Å². The average molecular weight is 361 g/mol. The molecule has 0 saturated carbocycles. The van der Waals surface area contributed by atoms with Crippen molar-refractivity contribution >= 4 is 11.9 Å². The molecule has 1 saturated heterocycles. The number of nitrogens with one attached hydrogen (secondary N) is 2. The molecule has 144 valence electrons. The van der Waals surface area contributed by atoms with E-state index >= 15 is 0 Å². The molecule has 1 aromatic rings. The van der Waals surface area contributed by atoms with Crippen molar-refractivity contribution in [1.82, 2.24) is 15.5 Å². The summed E-state index contributed by atoms with van der Waals surface area (Å²) in [5.74, 6) is 0.874. The lowest BCUT2D eigenvalue weighted by Gasteiger charge is -2.35. The van der Waals surface area contributed by atoms with Crippen molar-refractivity contribution in [3.8, 4) is 0 Å². The van der Waals surface area contributed by atoms with E-state index in [2.05, 4.69) is 52.6 Å². The van der Waals surface area contributed by atoms with E-state index in [-0.39, 0.29) is 18.1 Å². The minimum absolute atomic E-state index is 0.0344. The maximum atomic E-state index is 11.8. The van der Waals surface area contributed by atoms with Crippen LogP contribution in [0.25, 0.3) is 0 Å². The average Bonchev–Trinajstić information content (AvgIpc) is 2.58. The van der Waals surface area contributed by atoms with E-state index < -0.39 is 0 Å². The van der Waals surface area contributed by atoms with Gasteiger partial charge in [0.25, 0.3) is 0 Å². The number of carbonyl (C=O) groups excluding carboxylic acids is 1. The van der Waals surface area contributed by atoms with Crippen molar-refractivity contribution in [2.24, 2.45) is 4.99 Å². The van der Waals surface area contributed by atoms with Gasteiger partial charge in [-0.1, -0.05) is 23.8 Å². The molecule has 1 amide bonds. The smallest absolute Gasteiger partial charge is 0.221 e. The van der Waals surface area contributed by atoms with Crippen molar-refractivity contribution in [1.29, 1.82) is 0 Å². The Morgan fingerprint density at radius 2 is 2.15 bits per heavy atom. The maximum Gasteiger partial charge on any atom is 0.221 e. The minimum atomic E-state index is 0.0344. The normalized spacial score (nSPS) is 18.2. The number of amides is 1. The van der Waals surface area contributed by atoms with Crippen molar-refractivity contribution in [3.63, 3.8) is 0 Å². The predicted octanol–water partition coefficient (Wildman–Crippen LogP) is 2.17. The van der Waals surface area contributed by atoms with Crippen LogP contribution < -0.4 is 10.6 Å². The Labute approximate surface area is 157 Å². The van der Waals surface area contributed by atoms with Gasteiger partial charge in [-0.2, -0.15) is 0 Å². The Balaban J connectivity index is 1.93. The van der Waals surface area contributed by atoms with E-state index in [0.717, 1.165) is 19.0 Å². The van der Waals surface area contributed by atoms with Gasteiger partial charge in [-0.25, -0.2) is 0 Å². The summed E-state index contributed by atoms with van der Waals surface area (Å²) < 4.78 is 6.01. The van der Waals surface area contributed by atoms with E-state index in [1.807, 2.05) is 13.8 Å². The number of benzene rings is 1. The first-order valence-corrected chi connectivity index (χ1v) is 9.34. The summed E-state index contributed by atoms with van der Waals surface area (Å²) >= 11 is 0. The lowest BCUT2D eigenvalue weighted by molar-refractivity contribution is -0.121. The summed E-state index contributed by atoms with van der Waals surface area (Å²) in [5.41, 5.74) is 3.74. The van der Waals surface area contributed by atoms with Crippen molar-refractivity contribution in [2.75, 3.05) is 33.3 Å². The van der Waals surface area contributed by atoms with Crippen LogP contribution in [0.3, 0.4) is 0 Å². The maximum absolute atomic E-state index is 11.8. The highest BCUT2D eigenvalue weighted by Gasteiger charge is 2.25. The predicted molar refractivity (Wildman–Crippen MR) is 105 cm³/mol. The van der Waals surface area contributed by atoms with Gasteiger partial charge in [0.1, 0.15) is 6.10 Å². The van der Waals surface area contributed by atoms with Crippen LogP contribution in [0.1, 0.15) is 43.1 Å². The molecule has 2 rings (SSSR count). The Morgan fingerprint density at radius 1 is 1.38 bits per heavy atom. The summed E-state index contributed by atoms with van der Waals surface area (Å²) in [6.07, 6.45) is 0.467. The number of carbonyl (C=O) groups is 1. The Hall–Kier alpha value is -2.08. The molecule has 26 heavy (non-hydrogen) atoms. The van der Waals surface area contributed by atoms with Crippen LogP contribution in [0, 0.1) is 13.8 Å². The summed E-state index contributed by atoms with van der Waals surface area (Å²) in [4.78, 5) is 18.4. The second-order valence-electron chi connectivity index (χ2n) is 7.11. The molecule has 0 aromatic heterocycles. The molecule has 6 nitrogen and oxygen atoms in total. The van der Waals surface area contributed by atoms with Gasteiger partial charge in [-0.3, -0.25) is 9.79 Å². The van der Waals surface area contributed by atoms with Crippen LogP contribution in [0.5, 0.6) is 0 Å². The molecule has 1 unspecified atom stereocenters. The topological polar surface area (TPSA) is 66.0 Å². The number of morpholine rings is 1. The lowest BCUT2D eigenvalue weighted by atomic mass is 10.00. The molecule has 1 aliphatic heterocycles. The Kier molecular flexibility index (Phi) is 7.45. The number of nitrogens with zero attached hydrogens (tertiary/aromatic N) is 2. The zero-order valence-corrected chi connectivity index (χ0v) is 16.6. The molecule has 1 heterocycles. The minimum Gasteiger partial charge on any atom is -0.370 e. The summed E-state index contributed by atoms with van der Waals surface area (Å²) in [7, 11) is 1.78. The molecule has 0 aliphatic carbocycles. The first-order chi connectivity index (χ1) is 12.4. The molecule has 1 fully saturated rings. The number of hydrogen-bond donors (Lipinski definition) is 2. The molecule has 0 radical (unpaired) electrons. The largest absolute Gasteiger partial charge is 0.370 e. The Bertz CT molecular complexity index is 643. The molecule has 1 atom stereocenters. The van der Waals surface area contributed by atoms with E-state index in [4.69, 9.17) is 4.74 Å². The highest BCUT2D eigenvalue weighted by Crippen LogP contribution is 2.25. The fraction of sp³-hybridized carbons (Fsp3) is 0.600. The van der Waals surface area contributed by atoms with Crippen molar-refractivity contribution in [3.05, 3.63) is 34.9 Å². The molecular formula is C20H32N4O2. The van der Waals surface area contributed by atoms with Gasteiger partial charge < -0.3 is 20.3 Å². The molecule has 6 heteroatoms. The standard InChI is InChI=1S/C20H32N4O2/c1-14(2)23-19(25)8-9-22-20(21-5)24-10-11-26-18(13-24)17-7-6-15(3)12-16(17)4/h6-7,12,14,18H,8-11,13H2,1-5H3,(H,21,22)(H,23,25). The monoisotopic (exact) mass is 360 g/mol. The van der Waals surface area contributed by atoms with Crippen LogP contribution in [0.2, 0.25) is 0 Å². The number of ether oxygens (including phenoxy) is 1. The summed E-state index contributed by atoms with van der Waals surface area (Å²) in [5, 5.41) is 6.20. The Morgan fingerprint density at radius 3 is 2.81 bits per heavy atom. The van der Waals surface area contributed by atoms with Crippen molar-refractivity contribution < 1.29 is 9.53 Å². The van der Waals surface area contributed by atoms with Gasteiger partial charge in [0.05, 0.1) is 13.2 Å². The molecular weight excluding hydrogens is 328 g/mol. The molecule has 2 N–H and O–H groups in total. The van der Waals surface area contributed by atoms with Gasteiger partial charge in [-0.15, -0.1) is 0 Å². The van der Waals surface area contributed by atoms with Crippen molar-refractivity contribution in [2.45, 2.75) is 46.3 Å². The van der Waals surface area contributed by atoms with Crippen LogP contribution in [0.4, 0.5) is 0 Å². The number of rotatable bonds is 5. The highest BCUT2D eigenvalue weighted by molar-refractivity contribution is 5.81. The number of aliphatic imine (C=N–C) groups is 1. The third-order valence-electron chi connectivity index (χ3n) is 4.43. The first kappa shape index (κ1) is 20.2. The van der Waals surface area contributed by atoms with E-state index in [1.165, 1.54) is 16.7 Å². The van der Waals surface area contributed by atoms with Gasteiger partial charge in [0, 0.05) is 32.6 Å². The van der Waals surface area contributed by atoms with Crippen LogP contribution in [-0.2, 0) is 9.53 Å². The second-order valence-corrected chi connectivity index (χ2v) is 7.11. The molecule has 0 bridgehead atoms. The second kappa shape index (κ2) is 9.57. The number of aryl methyl sites for hydroxylation is 2. The van der Waals surface area contributed by atoms with Gasteiger partial charge in [0.2, 0.25) is 5.91 Å². The van der Waals surface area contributed by atoms with Gasteiger partial charge >= 0.3 is 0 Å². The highest BCUT2D eigenvalue weighted by atomic mass is 16.5. The number of guanidine groups is 1. The molecule has 0 spiro atoms. The van der Waals surface area contributed by atoms with Gasteiger partial charge in [-0.05, 0) is 38.8 Å². The SMILES string of the molecule is CN=C(NCCC(=O)NC(C)C)N1CCOC(c2ccc(C)cc2C)C1. The zero-order chi connectivity index (χ0) is 19.1. The molecule has 1 aliphatic rings. The fourth-order valence-corrected chi connectivity index (χ4v) is 3.23. The summed E-state index contributed by atoms with van der Waals surface area (Å²) in [6.45, 7) is 10.9. The van der Waals surface area contributed by atoms with Crippen LogP contribution >= 0.6 is 0 Å². The van der Waals surface area contributed by atoms with Crippen LogP contribution in [-0.4, -0.2) is 56.1 Å². The third kappa shape index (κ3) is 5.73. The fourth-order valence-electron chi connectivity index (χ4n) is 3.23. The third-order valence-corrected chi connectivity index (χ3v) is 4.43. The number of hydrogen-bond acceptors (Lipinski definition) is 3. The molecule has 1 aromatic carbocycles. The van der Waals surface area contributed by atoms with E-state index in [0.29, 0.717) is 19.6 Å². The van der Waals surface area contributed by atoms with E-state index in [9.17, 15) is 4.79 Å².